The van der Waals surface area contributed by atoms with Crippen LogP contribution in [0.25, 0.3) is 22.0 Å². The van der Waals surface area contributed by atoms with Crippen LogP contribution in [0.1, 0.15) is 35.1 Å². The van der Waals surface area contributed by atoms with Crippen molar-refractivity contribution in [2.75, 3.05) is 25.5 Å². The monoisotopic (exact) mass is 447 g/mol. The molecule has 0 aliphatic carbocycles. The van der Waals surface area contributed by atoms with E-state index in [2.05, 4.69) is 37.3 Å². The smallest absolute Gasteiger partial charge is 0.278 e. The van der Waals surface area contributed by atoms with Gasteiger partial charge in [0.1, 0.15) is 12.1 Å². The topological polar surface area (TPSA) is 102 Å². The third-order valence-corrected chi connectivity index (χ3v) is 5.94. The molecule has 6 radical (unpaired) electrons. The number of aromatic nitrogens is 5. The Morgan fingerprint density at radius 2 is 1.88 bits per heavy atom. The summed E-state index contributed by atoms with van der Waals surface area (Å²) in [5.41, 5.74) is 1.57. The van der Waals surface area contributed by atoms with Crippen LogP contribution in [0.5, 0.6) is 0 Å². The van der Waals surface area contributed by atoms with Gasteiger partial charge in [-0.3, -0.25) is 14.5 Å². The predicted molar refractivity (Wildman–Crippen MR) is 130 cm³/mol. The van der Waals surface area contributed by atoms with E-state index in [9.17, 15) is 4.79 Å². The van der Waals surface area contributed by atoms with Crippen LogP contribution in [-0.2, 0) is 5.24 Å². The zero-order valence-corrected chi connectivity index (χ0v) is 18.7. The van der Waals surface area contributed by atoms with E-state index in [-0.39, 0.29) is 17.5 Å². The van der Waals surface area contributed by atoms with Crippen LogP contribution in [0.4, 0.5) is 5.82 Å². The fourth-order valence-electron chi connectivity index (χ4n) is 3.95. The Kier molecular flexibility index (Phi) is 5.77. The SMILES string of the molecule is [B]C([B])([B])n1cc(-c2cc3cc(NC(=O)c4coc(C5CCN(C)CC5)n4)ncc3cn2)cn1. The molecule has 1 fully saturated rings. The van der Waals surface area contributed by atoms with Crippen molar-refractivity contribution in [3.63, 3.8) is 0 Å². The maximum absolute atomic E-state index is 12.7. The molecule has 4 aromatic rings. The fraction of sp³-hybridized carbons (Fsp3) is 0.318. The normalized spacial score (nSPS) is 15.6. The number of nitrogens with zero attached hydrogens (tertiary/aromatic N) is 6. The second-order valence-electron chi connectivity index (χ2n) is 8.65. The van der Waals surface area contributed by atoms with Crippen LogP contribution < -0.4 is 5.32 Å². The molecule has 0 unspecified atom stereocenters. The van der Waals surface area contributed by atoms with Gasteiger partial charge in [0.25, 0.3) is 5.91 Å². The molecule has 34 heavy (non-hydrogen) atoms. The Bertz CT molecular complexity index is 1340. The van der Waals surface area contributed by atoms with Crippen molar-refractivity contribution >= 4 is 46.0 Å². The molecule has 1 aliphatic rings. The van der Waals surface area contributed by atoms with Gasteiger partial charge in [-0.1, -0.05) is 0 Å². The molecule has 0 aromatic carbocycles. The average molecular weight is 447 g/mol. The molecule has 12 heteroatoms. The Morgan fingerprint density at radius 3 is 2.62 bits per heavy atom. The van der Waals surface area contributed by atoms with Crippen LogP contribution in [0, 0.1) is 0 Å². The highest BCUT2D eigenvalue weighted by Crippen LogP contribution is 2.27. The zero-order valence-electron chi connectivity index (χ0n) is 18.7. The number of nitrogens with one attached hydrogen (secondary N) is 1. The van der Waals surface area contributed by atoms with Gasteiger partial charge in [-0.2, -0.15) is 5.10 Å². The highest BCUT2D eigenvalue weighted by atomic mass is 16.3. The first-order chi connectivity index (χ1) is 16.3. The summed E-state index contributed by atoms with van der Waals surface area (Å²) in [7, 11) is 19.1. The number of likely N-dealkylation sites (tertiary alicyclic amines) is 1. The number of carbonyl (C=O) groups excluding carboxylic acids is 1. The number of hydrogen-bond acceptors (Lipinski definition) is 7. The molecule has 1 aliphatic heterocycles. The molecular formula is C22H20B3N7O2. The van der Waals surface area contributed by atoms with E-state index in [0.717, 1.165) is 36.7 Å². The molecule has 5 heterocycles. The molecule has 0 atom stereocenters. The van der Waals surface area contributed by atoms with E-state index >= 15 is 0 Å². The van der Waals surface area contributed by atoms with Crippen molar-refractivity contribution in [1.82, 2.24) is 29.6 Å². The number of anilines is 1. The number of oxazole rings is 1. The van der Waals surface area contributed by atoms with Gasteiger partial charge in [0.15, 0.2) is 11.6 Å². The second kappa shape index (κ2) is 8.75. The molecular weight excluding hydrogens is 427 g/mol. The van der Waals surface area contributed by atoms with Gasteiger partial charge in [-0.25, -0.2) is 9.97 Å². The summed E-state index contributed by atoms with van der Waals surface area (Å²) in [6, 6.07) is 3.62. The van der Waals surface area contributed by atoms with E-state index < -0.39 is 5.24 Å². The van der Waals surface area contributed by atoms with E-state index in [1.807, 2.05) is 6.07 Å². The van der Waals surface area contributed by atoms with Gasteiger partial charge in [0, 0.05) is 35.5 Å². The van der Waals surface area contributed by atoms with Crippen molar-refractivity contribution in [2.45, 2.75) is 24.0 Å². The number of hydrogen-bond donors (Lipinski definition) is 1. The van der Waals surface area contributed by atoms with Gasteiger partial charge in [-0.05, 0) is 55.7 Å². The number of amides is 1. The highest BCUT2D eigenvalue weighted by Gasteiger charge is 2.24. The lowest BCUT2D eigenvalue weighted by molar-refractivity contribution is 0.102. The minimum absolute atomic E-state index is 0.229. The lowest BCUT2D eigenvalue weighted by Gasteiger charge is -2.26. The van der Waals surface area contributed by atoms with Crippen molar-refractivity contribution in [3.05, 3.63) is 54.8 Å². The maximum atomic E-state index is 12.7. The largest absolute Gasteiger partial charge is 0.448 e. The summed E-state index contributed by atoms with van der Waals surface area (Å²) in [6.45, 7) is 1.97. The third-order valence-electron chi connectivity index (χ3n) is 5.94. The summed E-state index contributed by atoms with van der Waals surface area (Å²) >= 11 is 0. The minimum atomic E-state index is -1.61. The van der Waals surface area contributed by atoms with Gasteiger partial charge in [-0.15, -0.1) is 0 Å². The lowest BCUT2D eigenvalue weighted by atomic mass is 9.49. The van der Waals surface area contributed by atoms with Crippen LogP contribution in [0.15, 0.2) is 47.6 Å². The number of pyridine rings is 2. The first kappa shape index (κ1) is 22.4. The van der Waals surface area contributed by atoms with E-state index in [0.29, 0.717) is 23.0 Å². The third kappa shape index (κ3) is 4.63. The average Bonchev–Trinajstić information content (AvgIpc) is 3.49. The molecule has 4 aromatic heterocycles. The quantitative estimate of drug-likeness (QED) is 0.465. The Labute approximate surface area is 200 Å². The summed E-state index contributed by atoms with van der Waals surface area (Å²) in [5.74, 6) is 0.849. The summed E-state index contributed by atoms with van der Waals surface area (Å²) in [4.78, 5) is 28.2. The molecule has 1 amide bonds. The maximum Gasteiger partial charge on any atom is 0.278 e. The van der Waals surface area contributed by atoms with Crippen LogP contribution >= 0.6 is 0 Å². The summed E-state index contributed by atoms with van der Waals surface area (Å²) in [6.07, 6.45) is 9.84. The zero-order chi connectivity index (χ0) is 23.9. The van der Waals surface area contributed by atoms with E-state index in [4.69, 9.17) is 28.0 Å². The van der Waals surface area contributed by atoms with E-state index in [1.165, 1.54) is 10.9 Å². The van der Waals surface area contributed by atoms with Gasteiger partial charge in [0.05, 0.1) is 35.4 Å². The number of carbonyl (C=O) groups is 1. The number of piperidine rings is 1. The number of rotatable bonds is 5. The number of fused-ring (bicyclic) bond motifs is 1. The molecule has 1 N–H and O–H groups in total. The van der Waals surface area contributed by atoms with Crippen LogP contribution in [0.3, 0.4) is 0 Å². The summed E-state index contributed by atoms with van der Waals surface area (Å²) < 4.78 is 6.86. The van der Waals surface area contributed by atoms with Crippen LogP contribution in [0.2, 0.25) is 0 Å². The first-order valence-corrected chi connectivity index (χ1v) is 10.9. The Hall–Kier alpha value is -3.40. The van der Waals surface area contributed by atoms with Gasteiger partial charge < -0.3 is 14.6 Å². The van der Waals surface area contributed by atoms with Crippen molar-refractivity contribution in [1.29, 1.82) is 0 Å². The molecule has 1 saturated heterocycles. The molecule has 164 valence electrons. The predicted octanol–water partition coefficient (Wildman–Crippen LogP) is 1.62. The first-order valence-electron chi connectivity index (χ1n) is 10.9. The molecule has 9 nitrogen and oxygen atoms in total. The van der Waals surface area contributed by atoms with Crippen molar-refractivity contribution < 1.29 is 9.21 Å². The molecule has 0 spiro atoms. The van der Waals surface area contributed by atoms with E-state index in [1.54, 1.807) is 30.9 Å². The molecule has 0 saturated carbocycles. The van der Waals surface area contributed by atoms with Crippen molar-refractivity contribution in [3.8, 4) is 11.3 Å². The lowest BCUT2D eigenvalue weighted by Crippen LogP contribution is -2.35. The Balaban J connectivity index is 1.33. The highest BCUT2D eigenvalue weighted by molar-refractivity contribution is 6.56. The second-order valence-corrected chi connectivity index (χ2v) is 8.65. The Morgan fingerprint density at radius 1 is 1.12 bits per heavy atom. The van der Waals surface area contributed by atoms with Crippen LogP contribution in [-0.4, -0.2) is 79.2 Å². The van der Waals surface area contributed by atoms with Gasteiger partial charge >= 0.3 is 0 Å². The fourth-order valence-corrected chi connectivity index (χ4v) is 3.95. The summed E-state index contributed by atoms with van der Waals surface area (Å²) in [5, 5.41) is 6.91. The molecule has 0 bridgehead atoms. The standard InChI is InChI=1S/C22H20B3N7O2/c1-31-4-2-13(3-5-31)21-29-18(12-34-21)20(33)30-19-7-14-6-17(26-8-15(14)9-27-19)16-10-28-32(11-16)22(23,24)25/h6-13H,2-5H2,1H3,(H,27,30,33). The van der Waals surface area contributed by atoms with Gasteiger partial charge in [0.2, 0.25) is 0 Å². The molecule has 5 rings (SSSR count). The minimum Gasteiger partial charge on any atom is -0.448 e. The van der Waals surface area contributed by atoms with Crippen molar-refractivity contribution in [2.24, 2.45) is 0 Å².